The summed E-state index contributed by atoms with van der Waals surface area (Å²) in [6.07, 6.45) is 3.44. The Hall–Kier alpha value is -1.68. The van der Waals surface area contributed by atoms with Gasteiger partial charge in [-0.3, -0.25) is 0 Å². The Morgan fingerprint density at radius 2 is 2.12 bits per heavy atom. The highest BCUT2D eigenvalue weighted by atomic mass is 35.5. The van der Waals surface area contributed by atoms with E-state index in [1.54, 1.807) is 18.5 Å². The second kappa shape index (κ2) is 4.90. The molecular weight excluding hydrogens is 224 g/mol. The Kier molecular flexibility index (Phi) is 3.31. The first kappa shape index (κ1) is 10.8. The largest absolute Gasteiger partial charge is 0.378 e. The van der Waals surface area contributed by atoms with Crippen molar-refractivity contribution in [1.82, 2.24) is 15.0 Å². The van der Waals surface area contributed by atoms with Gasteiger partial charge in [0.15, 0.2) is 0 Å². The minimum absolute atomic E-state index is 0.489. The van der Waals surface area contributed by atoms with Crippen LogP contribution in [0.4, 0.5) is 5.69 Å². The van der Waals surface area contributed by atoms with Crippen LogP contribution in [0.5, 0.6) is 0 Å². The lowest BCUT2D eigenvalue weighted by Gasteiger charge is -2.05. The lowest BCUT2D eigenvalue weighted by atomic mass is 10.3. The van der Waals surface area contributed by atoms with Gasteiger partial charge in [-0.25, -0.2) is 15.0 Å². The molecule has 0 bridgehead atoms. The van der Waals surface area contributed by atoms with Gasteiger partial charge in [-0.2, -0.15) is 0 Å². The van der Waals surface area contributed by atoms with E-state index < -0.39 is 0 Å². The molecule has 0 spiro atoms. The summed E-state index contributed by atoms with van der Waals surface area (Å²) in [5.74, 6) is 0.772. The van der Waals surface area contributed by atoms with Crippen molar-refractivity contribution >= 4 is 17.3 Å². The highest BCUT2D eigenvalue weighted by molar-refractivity contribution is 6.29. The van der Waals surface area contributed by atoms with Crippen molar-refractivity contribution in [2.75, 3.05) is 5.32 Å². The van der Waals surface area contributed by atoms with E-state index in [0.29, 0.717) is 11.7 Å². The molecule has 0 unspecified atom stereocenters. The van der Waals surface area contributed by atoms with Gasteiger partial charge in [0, 0.05) is 6.20 Å². The van der Waals surface area contributed by atoms with Gasteiger partial charge in [0.1, 0.15) is 11.0 Å². The van der Waals surface area contributed by atoms with Crippen LogP contribution < -0.4 is 5.32 Å². The summed E-state index contributed by atoms with van der Waals surface area (Å²) >= 11 is 5.69. The number of hydrogen-bond acceptors (Lipinski definition) is 4. The number of rotatable bonds is 3. The molecule has 0 amide bonds. The zero-order valence-corrected chi connectivity index (χ0v) is 9.57. The smallest absolute Gasteiger partial charge is 0.129 e. The fourth-order valence-electron chi connectivity index (χ4n) is 1.28. The zero-order valence-electron chi connectivity index (χ0n) is 8.81. The molecule has 0 radical (unpaired) electrons. The molecule has 2 rings (SSSR count). The number of aryl methyl sites for hydroxylation is 1. The SMILES string of the molecule is Cc1nccc(CNc2ccc(Cl)nc2)n1. The van der Waals surface area contributed by atoms with Crippen LogP contribution >= 0.6 is 11.6 Å². The molecule has 16 heavy (non-hydrogen) atoms. The van der Waals surface area contributed by atoms with Crippen LogP contribution in [-0.4, -0.2) is 15.0 Å². The van der Waals surface area contributed by atoms with E-state index in [1.807, 2.05) is 19.1 Å². The maximum atomic E-state index is 5.69. The molecule has 0 atom stereocenters. The summed E-state index contributed by atoms with van der Waals surface area (Å²) in [6.45, 7) is 2.51. The second-order valence-electron chi connectivity index (χ2n) is 3.32. The highest BCUT2D eigenvalue weighted by Crippen LogP contribution is 2.10. The molecule has 0 fully saturated rings. The highest BCUT2D eigenvalue weighted by Gasteiger charge is 1.97. The molecule has 5 heteroatoms. The summed E-state index contributed by atoms with van der Waals surface area (Å²) in [4.78, 5) is 12.3. The van der Waals surface area contributed by atoms with Gasteiger partial charge >= 0.3 is 0 Å². The third-order valence-corrected chi connectivity index (χ3v) is 2.26. The fraction of sp³-hybridized carbons (Fsp3) is 0.182. The quantitative estimate of drug-likeness (QED) is 0.829. The number of nitrogens with one attached hydrogen (secondary N) is 1. The van der Waals surface area contributed by atoms with Gasteiger partial charge < -0.3 is 5.32 Å². The van der Waals surface area contributed by atoms with Crippen molar-refractivity contribution in [3.8, 4) is 0 Å². The van der Waals surface area contributed by atoms with E-state index in [9.17, 15) is 0 Å². The Bertz CT molecular complexity index is 470. The van der Waals surface area contributed by atoms with E-state index in [2.05, 4.69) is 20.3 Å². The first-order valence-electron chi connectivity index (χ1n) is 4.88. The normalized spacial score (nSPS) is 10.1. The second-order valence-corrected chi connectivity index (χ2v) is 3.71. The number of halogens is 1. The molecule has 4 nitrogen and oxygen atoms in total. The lowest BCUT2D eigenvalue weighted by Crippen LogP contribution is -2.03. The molecule has 2 heterocycles. The predicted molar refractivity (Wildman–Crippen MR) is 63.3 cm³/mol. The Morgan fingerprint density at radius 1 is 1.25 bits per heavy atom. The van der Waals surface area contributed by atoms with Crippen molar-refractivity contribution in [1.29, 1.82) is 0 Å². The third kappa shape index (κ3) is 2.90. The van der Waals surface area contributed by atoms with Crippen molar-refractivity contribution < 1.29 is 0 Å². The number of hydrogen-bond donors (Lipinski definition) is 1. The molecule has 0 aliphatic carbocycles. The zero-order chi connectivity index (χ0) is 11.4. The fourth-order valence-corrected chi connectivity index (χ4v) is 1.39. The predicted octanol–water partition coefficient (Wildman–Crippen LogP) is 2.45. The minimum atomic E-state index is 0.489. The average molecular weight is 235 g/mol. The van der Waals surface area contributed by atoms with Gasteiger partial charge in [0.25, 0.3) is 0 Å². The Balaban J connectivity index is 1.99. The van der Waals surface area contributed by atoms with Crippen molar-refractivity contribution in [3.63, 3.8) is 0 Å². The molecule has 82 valence electrons. The molecule has 0 saturated heterocycles. The number of pyridine rings is 1. The molecular formula is C11H11ClN4. The van der Waals surface area contributed by atoms with Crippen LogP contribution in [-0.2, 0) is 6.54 Å². The van der Waals surface area contributed by atoms with Gasteiger partial charge in [-0.1, -0.05) is 11.6 Å². The minimum Gasteiger partial charge on any atom is -0.378 e. The van der Waals surface area contributed by atoms with E-state index in [1.165, 1.54) is 0 Å². The van der Waals surface area contributed by atoms with Crippen molar-refractivity contribution in [2.24, 2.45) is 0 Å². The van der Waals surface area contributed by atoms with Crippen LogP contribution in [0.2, 0.25) is 5.15 Å². The molecule has 0 aromatic carbocycles. The van der Waals surface area contributed by atoms with Crippen LogP contribution in [0.1, 0.15) is 11.5 Å². The van der Waals surface area contributed by atoms with Crippen molar-refractivity contribution in [3.05, 3.63) is 47.3 Å². The third-order valence-electron chi connectivity index (χ3n) is 2.03. The standard InChI is InChI=1S/C11H11ClN4/c1-8-13-5-4-10(16-8)7-14-9-2-3-11(12)15-6-9/h2-6,14H,7H2,1H3. The summed E-state index contributed by atoms with van der Waals surface area (Å²) < 4.78 is 0. The summed E-state index contributed by atoms with van der Waals surface area (Å²) in [6, 6.07) is 5.50. The monoisotopic (exact) mass is 234 g/mol. The first-order valence-corrected chi connectivity index (χ1v) is 5.26. The van der Waals surface area contributed by atoms with Crippen molar-refractivity contribution in [2.45, 2.75) is 13.5 Å². The Labute approximate surface area is 98.7 Å². The summed E-state index contributed by atoms with van der Waals surface area (Å²) in [7, 11) is 0. The van der Waals surface area contributed by atoms with E-state index in [4.69, 9.17) is 11.6 Å². The van der Waals surface area contributed by atoms with E-state index >= 15 is 0 Å². The van der Waals surface area contributed by atoms with Crippen LogP contribution in [0.25, 0.3) is 0 Å². The molecule has 0 aliphatic rings. The van der Waals surface area contributed by atoms with Crippen LogP contribution in [0, 0.1) is 6.92 Å². The molecule has 1 N–H and O–H groups in total. The number of anilines is 1. The average Bonchev–Trinajstić information content (AvgIpc) is 2.28. The maximum absolute atomic E-state index is 5.69. The van der Waals surface area contributed by atoms with Crippen LogP contribution in [0.15, 0.2) is 30.6 Å². The molecule has 2 aromatic rings. The maximum Gasteiger partial charge on any atom is 0.129 e. The Morgan fingerprint density at radius 3 is 2.81 bits per heavy atom. The van der Waals surface area contributed by atoms with Gasteiger partial charge in [0.2, 0.25) is 0 Å². The van der Waals surface area contributed by atoms with E-state index in [-0.39, 0.29) is 0 Å². The van der Waals surface area contributed by atoms with Gasteiger partial charge in [0.05, 0.1) is 24.1 Å². The van der Waals surface area contributed by atoms with Crippen LogP contribution in [0.3, 0.4) is 0 Å². The molecule has 0 aliphatic heterocycles. The number of aromatic nitrogens is 3. The van der Waals surface area contributed by atoms with E-state index in [0.717, 1.165) is 17.2 Å². The molecule has 0 saturated carbocycles. The lowest BCUT2D eigenvalue weighted by molar-refractivity contribution is 0.954. The summed E-state index contributed by atoms with van der Waals surface area (Å²) in [5, 5.41) is 3.69. The first-order chi connectivity index (χ1) is 7.74. The number of nitrogens with zero attached hydrogens (tertiary/aromatic N) is 3. The summed E-state index contributed by atoms with van der Waals surface area (Å²) in [5.41, 5.74) is 1.86. The van der Waals surface area contributed by atoms with Gasteiger partial charge in [-0.05, 0) is 25.1 Å². The van der Waals surface area contributed by atoms with Gasteiger partial charge in [-0.15, -0.1) is 0 Å². The molecule has 2 aromatic heterocycles. The topological polar surface area (TPSA) is 50.7 Å².